The smallest absolute Gasteiger partial charge is 0.221 e. The van der Waals surface area contributed by atoms with E-state index in [4.69, 9.17) is 5.73 Å². The first-order valence-electron chi connectivity index (χ1n) is 6.37. The predicted octanol–water partition coefficient (Wildman–Crippen LogP) is 0.714. The van der Waals surface area contributed by atoms with Crippen LogP contribution >= 0.6 is 0 Å². The van der Waals surface area contributed by atoms with Crippen molar-refractivity contribution in [1.29, 1.82) is 0 Å². The minimum absolute atomic E-state index is 0.149. The number of piperidine rings is 1. The maximum atomic E-state index is 11.5. The Hall–Kier alpha value is -0.610. The lowest BCUT2D eigenvalue weighted by atomic mass is 10.0. The summed E-state index contributed by atoms with van der Waals surface area (Å²) in [5.74, 6) is 0.149. The second kappa shape index (κ2) is 6.86. The molecule has 0 radical (unpaired) electrons. The summed E-state index contributed by atoms with van der Waals surface area (Å²) >= 11 is 0. The molecule has 0 saturated carbocycles. The van der Waals surface area contributed by atoms with Crippen LogP contribution in [0.4, 0.5) is 0 Å². The number of likely N-dealkylation sites (tertiary alicyclic amines) is 1. The van der Waals surface area contributed by atoms with Crippen molar-refractivity contribution >= 4 is 5.91 Å². The van der Waals surface area contributed by atoms with Crippen molar-refractivity contribution in [3.05, 3.63) is 0 Å². The molecule has 0 bridgehead atoms. The lowest BCUT2D eigenvalue weighted by Crippen LogP contribution is -2.45. The number of carbonyl (C=O) groups is 1. The molecule has 1 amide bonds. The Morgan fingerprint density at radius 2 is 2.25 bits per heavy atom. The van der Waals surface area contributed by atoms with Crippen LogP contribution in [-0.2, 0) is 4.79 Å². The quantitative estimate of drug-likeness (QED) is 0.727. The van der Waals surface area contributed by atoms with Crippen molar-refractivity contribution in [3.8, 4) is 0 Å². The molecule has 4 nitrogen and oxygen atoms in total. The maximum Gasteiger partial charge on any atom is 0.221 e. The topological polar surface area (TPSA) is 58.4 Å². The van der Waals surface area contributed by atoms with Gasteiger partial charge in [0.05, 0.1) is 0 Å². The van der Waals surface area contributed by atoms with Crippen molar-refractivity contribution in [2.24, 2.45) is 5.73 Å². The molecule has 1 fully saturated rings. The number of nitrogens with one attached hydrogen (secondary N) is 1. The summed E-state index contributed by atoms with van der Waals surface area (Å²) in [5, 5.41) is 2.92. The standard InChI is InChI=1S/C12H25N3O/c1-10(2)14-12(16)6-8-15-7-4-3-5-11(15)9-13/h10-11H,3-9,13H2,1-2H3,(H,14,16). The number of hydrogen-bond acceptors (Lipinski definition) is 3. The van der Waals surface area contributed by atoms with E-state index in [0.29, 0.717) is 19.0 Å². The Kier molecular flexibility index (Phi) is 5.77. The van der Waals surface area contributed by atoms with E-state index in [9.17, 15) is 4.79 Å². The van der Waals surface area contributed by atoms with Crippen LogP contribution < -0.4 is 11.1 Å². The Morgan fingerprint density at radius 1 is 1.50 bits per heavy atom. The zero-order valence-electron chi connectivity index (χ0n) is 10.5. The third-order valence-electron chi connectivity index (χ3n) is 3.10. The highest BCUT2D eigenvalue weighted by Gasteiger charge is 2.21. The van der Waals surface area contributed by atoms with E-state index < -0.39 is 0 Å². The molecule has 1 aliphatic rings. The fourth-order valence-electron chi connectivity index (χ4n) is 2.26. The summed E-state index contributed by atoms with van der Waals surface area (Å²) in [6.07, 6.45) is 4.29. The molecule has 1 atom stereocenters. The van der Waals surface area contributed by atoms with Crippen molar-refractivity contribution < 1.29 is 4.79 Å². The highest BCUT2D eigenvalue weighted by atomic mass is 16.1. The number of amides is 1. The van der Waals surface area contributed by atoms with Crippen LogP contribution in [0.1, 0.15) is 39.5 Å². The van der Waals surface area contributed by atoms with Gasteiger partial charge in [0.2, 0.25) is 5.91 Å². The fraction of sp³-hybridized carbons (Fsp3) is 0.917. The molecule has 0 aliphatic carbocycles. The molecule has 4 heteroatoms. The van der Waals surface area contributed by atoms with Crippen molar-refractivity contribution in [2.45, 2.75) is 51.6 Å². The Labute approximate surface area is 98.6 Å². The Bertz CT molecular complexity index is 218. The van der Waals surface area contributed by atoms with Gasteiger partial charge in [0.25, 0.3) is 0 Å². The highest BCUT2D eigenvalue weighted by molar-refractivity contribution is 5.76. The van der Waals surface area contributed by atoms with Gasteiger partial charge in [-0.1, -0.05) is 6.42 Å². The third-order valence-corrected chi connectivity index (χ3v) is 3.10. The maximum absolute atomic E-state index is 11.5. The lowest BCUT2D eigenvalue weighted by molar-refractivity contribution is -0.122. The van der Waals surface area contributed by atoms with E-state index in [2.05, 4.69) is 10.2 Å². The van der Waals surface area contributed by atoms with Crippen LogP contribution in [0.15, 0.2) is 0 Å². The van der Waals surface area contributed by atoms with Gasteiger partial charge in [0.1, 0.15) is 0 Å². The van der Waals surface area contributed by atoms with Gasteiger partial charge in [-0.05, 0) is 33.2 Å². The minimum atomic E-state index is 0.149. The molecule has 3 N–H and O–H groups in total. The average Bonchev–Trinajstić information content (AvgIpc) is 2.26. The zero-order chi connectivity index (χ0) is 12.0. The average molecular weight is 227 g/mol. The van der Waals surface area contributed by atoms with Gasteiger partial charge in [-0.2, -0.15) is 0 Å². The third kappa shape index (κ3) is 4.49. The van der Waals surface area contributed by atoms with Gasteiger partial charge in [-0.25, -0.2) is 0 Å². The molecule has 0 aromatic carbocycles. The number of rotatable bonds is 5. The number of nitrogens with two attached hydrogens (primary N) is 1. The van der Waals surface area contributed by atoms with E-state index >= 15 is 0 Å². The molecule has 1 aliphatic heterocycles. The number of carbonyl (C=O) groups excluding carboxylic acids is 1. The fourth-order valence-corrected chi connectivity index (χ4v) is 2.26. The Balaban J connectivity index is 2.27. The van der Waals surface area contributed by atoms with Gasteiger partial charge in [-0.15, -0.1) is 0 Å². The molecule has 1 unspecified atom stereocenters. The molecular formula is C12H25N3O. The van der Waals surface area contributed by atoms with Gasteiger partial charge < -0.3 is 11.1 Å². The lowest BCUT2D eigenvalue weighted by Gasteiger charge is -2.34. The predicted molar refractivity (Wildman–Crippen MR) is 66.2 cm³/mol. The zero-order valence-corrected chi connectivity index (χ0v) is 10.5. The normalized spacial score (nSPS) is 22.4. The molecule has 1 heterocycles. The molecule has 0 aromatic heterocycles. The molecule has 1 rings (SSSR count). The monoisotopic (exact) mass is 227 g/mol. The van der Waals surface area contributed by atoms with Gasteiger partial charge in [0, 0.05) is 31.6 Å². The molecule has 0 spiro atoms. The second-order valence-electron chi connectivity index (χ2n) is 4.89. The van der Waals surface area contributed by atoms with Crippen LogP contribution in [0, 0.1) is 0 Å². The summed E-state index contributed by atoms with van der Waals surface area (Å²) in [5.41, 5.74) is 5.74. The molecule has 1 saturated heterocycles. The minimum Gasteiger partial charge on any atom is -0.354 e. The second-order valence-corrected chi connectivity index (χ2v) is 4.89. The SMILES string of the molecule is CC(C)NC(=O)CCN1CCCCC1CN. The molecule has 16 heavy (non-hydrogen) atoms. The van der Waals surface area contributed by atoms with E-state index in [1.54, 1.807) is 0 Å². The molecular weight excluding hydrogens is 202 g/mol. The van der Waals surface area contributed by atoms with Crippen molar-refractivity contribution in [3.63, 3.8) is 0 Å². The first-order chi connectivity index (χ1) is 7.63. The van der Waals surface area contributed by atoms with Gasteiger partial charge in [0.15, 0.2) is 0 Å². The summed E-state index contributed by atoms with van der Waals surface area (Å²) in [6, 6.07) is 0.722. The largest absolute Gasteiger partial charge is 0.354 e. The first kappa shape index (κ1) is 13.5. The number of hydrogen-bond donors (Lipinski definition) is 2. The van der Waals surface area contributed by atoms with Crippen LogP contribution in [0.25, 0.3) is 0 Å². The van der Waals surface area contributed by atoms with Crippen molar-refractivity contribution in [2.75, 3.05) is 19.6 Å². The van der Waals surface area contributed by atoms with Crippen LogP contribution in [0.5, 0.6) is 0 Å². The molecule has 94 valence electrons. The van der Waals surface area contributed by atoms with E-state index in [1.165, 1.54) is 19.3 Å². The number of nitrogens with zero attached hydrogens (tertiary/aromatic N) is 1. The molecule has 0 aromatic rings. The van der Waals surface area contributed by atoms with Gasteiger partial charge in [-0.3, -0.25) is 9.69 Å². The summed E-state index contributed by atoms with van der Waals surface area (Å²) in [6.45, 7) is 6.63. The van der Waals surface area contributed by atoms with Crippen LogP contribution in [0.2, 0.25) is 0 Å². The van der Waals surface area contributed by atoms with E-state index in [1.807, 2.05) is 13.8 Å². The van der Waals surface area contributed by atoms with E-state index in [-0.39, 0.29) is 11.9 Å². The first-order valence-corrected chi connectivity index (χ1v) is 6.37. The van der Waals surface area contributed by atoms with Crippen LogP contribution in [-0.4, -0.2) is 42.5 Å². The van der Waals surface area contributed by atoms with E-state index in [0.717, 1.165) is 13.1 Å². The summed E-state index contributed by atoms with van der Waals surface area (Å²) in [7, 11) is 0. The van der Waals surface area contributed by atoms with Crippen molar-refractivity contribution in [1.82, 2.24) is 10.2 Å². The summed E-state index contributed by atoms with van der Waals surface area (Å²) < 4.78 is 0. The highest BCUT2D eigenvalue weighted by Crippen LogP contribution is 2.15. The van der Waals surface area contributed by atoms with Crippen LogP contribution in [0.3, 0.4) is 0 Å². The van der Waals surface area contributed by atoms with Gasteiger partial charge >= 0.3 is 0 Å². The summed E-state index contributed by atoms with van der Waals surface area (Å²) in [4.78, 5) is 13.9. The Morgan fingerprint density at radius 3 is 2.88 bits per heavy atom.